The van der Waals surface area contributed by atoms with Gasteiger partial charge in [-0.1, -0.05) is 86.6 Å². The van der Waals surface area contributed by atoms with Crippen LogP contribution in [0.2, 0.25) is 0 Å². The predicted octanol–water partition coefficient (Wildman–Crippen LogP) is 7.49. The highest BCUT2D eigenvalue weighted by Gasteiger charge is 2.19. The van der Waals surface area contributed by atoms with Crippen molar-refractivity contribution in [3.63, 3.8) is 0 Å². The Balaban J connectivity index is 1.63. The smallest absolute Gasteiger partial charge is 0.339 e. The molecule has 0 unspecified atom stereocenters. The number of hydrogen-bond acceptors (Lipinski definition) is 4. The van der Waals surface area contributed by atoms with Crippen molar-refractivity contribution in [3.05, 3.63) is 119 Å². The molecule has 0 amide bonds. The number of hydrogen-bond donors (Lipinski definition) is 2. The van der Waals surface area contributed by atoms with E-state index in [0.29, 0.717) is 18.0 Å². The first-order valence-electron chi connectivity index (χ1n) is 12.0. The van der Waals surface area contributed by atoms with E-state index in [0.717, 1.165) is 33.6 Å². The molecular weight excluding hydrogens is 432 g/mol. The van der Waals surface area contributed by atoms with Crippen LogP contribution in [0.25, 0.3) is 11.1 Å². The molecule has 0 saturated heterocycles. The third-order valence-electron chi connectivity index (χ3n) is 6.11. The summed E-state index contributed by atoms with van der Waals surface area (Å²) in [6.45, 7) is 5.12. The van der Waals surface area contributed by atoms with E-state index in [1.165, 1.54) is 5.56 Å². The van der Waals surface area contributed by atoms with E-state index < -0.39 is 0 Å². The summed E-state index contributed by atoms with van der Waals surface area (Å²) in [7, 11) is 1.89. The zero-order chi connectivity index (χ0) is 24.6. The molecular formula is C31H32N2O2. The van der Waals surface area contributed by atoms with Crippen molar-refractivity contribution in [2.75, 3.05) is 17.7 Å². The van der Waals surface area contributed by atoms with Crippen molar-refractivity contribution in [1.82, 2.24) is 0 Å². The summed E-state index contributed by atoms with van der Waals surface area (Å²) in [6.07, 6.45) is 0. The molecule has 0 fully saturated rings. The van der Waals surface area contributed by atoms with Crippen molar-refractivity contribution >= 4 is 17.3 Å². The lowest BCUT2D eigenvalue weighted by Gasteiger charge is -2.16. The summed E-state index contributed by atoms with van der Waals surface area (Å²) < 4.78 is 5.78. The van der Waals surface area contributed by atoms with Crippen LogP contribution in [0.4, 0.5) is 11.4 Å². The molecule has 0 aliphatic heterocycles. The van der Waals surface area contributed by atoms with Crippen LogP contribution in [-0.2, 0) is 17.9 Å². The van der Waals surface area contributed by atoms with E-state index in [4.69, 9.17) is 4.74 Å². The van der Waals surface area contributed by atoms with Crippen molar-refractivity contribution in [2.45, 2.75) is 32.9 Å². The predicted molar refractivity (Wildman–Crippen MR) is 145 cm³/mol. The first kappa shape index (κ1) is 24.1. The zero-order valence-electron chi connectivity index (χ0n) is 20.5. The maximum absolute atomic E-state index is 13.4. The molecule has 4 aromatic carbocycles. The van der Waals surface area contributed by atoms with E-state index in [1.54, 1.807) is 0 Å². The van der Waals surface area contributed by atoms with Gasteiger partial charge >= 0.3 is 5.97 Å². The summed E-state index contributed by atoms with van der Waals surface area (Å²) in [4.78, 5) is 13.4. The van der Waals surface area contributed by atoms with Gasteiger partial charge in [-0.2, -0.15) is 0 Å². The number of nitrogens with one attached hydrogen (secondary N) is 2. The Hall–Kier alpha value is -4.05. The van der Waals surface area contributed by atoms with Gasteiger partial charge in [0.25, 0.3) is 0 Å². The van der Waals surface area contributed by atoms with Gasteiger partial charge in [0.15, 0.2) is 0 Å². The Morgan fingerprint density at radius 3 is 2.14 bits per heavy atom. The van der Waals surface area contributed by atoms with Gasteiger partial charge in [0.2, 0.25) is 0 Å². The molecule has 178 valence electrons. The normalized spacial score (nSPS) is 10.7. The average molecular weight is 465 g/mol. The Morgan fingerprint density at radius 2 is 1.49 bits per heavy atom. The van der Waals surface area contributed by atoms with Gasteiger partial charge in [-0.05, 0) is 58.0 Å². The lowest BCUT2D eigenvalue weighted by atomic mass is 9.95. The number of ether oxygens (including phenoxy) is 1. The van der Waals surface area contributed by atoms with Gasteiger partial charge in [0.05, 0.1) is 5.56 Å². The molecule has 2 N–H and O–H groups in total. The molecule has 0 spiro atoms. The minimum Gasteiger partial charge on any atom is -0.457 e. The fourth-order valence-electron chi connectivity index (χ4n) is 4.02. The largest absolute Gasteiger partial charge is 0.457 e. The van der Waals surface area contributed by atoms with Gasteiger partial charge in [-0.25, -0.2) is 4.79 Å². The lowest BCUT2D eigenvalue weighted by Crippen LogP contribution is -2.13. The van der Waals surface area contributed by atoms with Gasteiger partial charge in [-0.15, -0.1) is 0 Å². The van der Waals surface area contributed by atoms with Gasteiger partial charge in [-0.3, -0.25) is 0 Å². The van der Waals surface area contributed by atoms with Crippen molar-refractivity contribution < 1.29 is 9.53 Å². The van der Waals surface area contributed by atoms with Crippen LogP contribution in [0, 0.1) is 0 Å². The van der Waals surface area contributed by atoms with Crippen LogP contribution >= 0.6 is 0 Å². The van der Waals surface area contributed by atoms with Gasteiger partial charge in [0, 0.05) is 25.0 Å². The SMILES string of the molecule is CNc1ccc(-c2cccc(CNc3ccc(C(C)C)cc3)c2C(=O)OCc2ccccc2)cc1. The topological polar surface area (TPSA) is 50.4 Å². The summed E-state index contributed by atoms with van der Waals surface area (Å²) in [6, 6.07) is 32.2. The standard InChI is InChI=1S/C31H32N2O2/c1-22(2)24-12-18-28(19-13-24)33-20-26-10-7-11-29(25-14-16-27(32-3)17-15-25)30(26)31(34)35-21-23-8-5-4-6-9-23/h4-19,22,32-33H,20-21H2,1-3H3. The van der Waals surface area contributed by atoms with Crippen LogP contribution < -0.4 is 10.6 Å². The average Bonchev–Trinajstić information content (AvgIpc) is 2.91. The second kappa shape index (κ2) is 11.4. The lowest BCUT2D eigenvalue weighted by molar-refractivity contribution is 0.0472. The van der Waals surface area contributed by atoms with Crippen LogP contribution in [0.15, 0.2) is 97.1 Å². The third kappa shape index (κ3) is 6.10. The molecule has 4 heteroatoms. The Bertz CT molecular complexity index is 1250. The minimum atomic E-state index is -0.325. The van der Waals surface area contributed by atoms with Crippen molar-refractivity contribution in [2.24, 2.45) is 0 Å². The second-order valence-electron chi connectivity index (χ2n) is 8.86. The highest BCUT2D eigenvalue weighted by atomic mass is 16.5. The molecule has 4 aromatic rings. The molecule has 4 nitrogen and oxygen atoms in total. The number of benzene rings is 4. The molecule has 0 heterocycles. The van der Waals surface area contributed by atoms with Crippen LogP contribution in [0.5, 0.6) is 0 Å². The number of carbonyl (C=O) groups excluding carboxylic acids is 1. The monoisotopic (exact) mass is 464 g/mol. The highest BCUT2D eigenvalue weighted by molar-refractivity contribution is 5.99. The molecule has 0 radical (unpaired) electrons. The highest BCUT2D eigenvalue weighted by Crippen LogP contribution is 2.29. The van der Waals surface area contributed by atoms with Gasteiger partial charge in [0.1, 0.15) is 6.61 Å². The minimum absolute atomic E-state index is 0.232. The first-order chi connectivity index (χ1) is 17.0. The Labute approximate surface area is 208 Å². The van der Waals surface area contributed by atoms with Crippen LogP contribution in [-0.4, -0.2) is 13.0 Å². The Morgan fingerprint density at radius 1 is 0.800 bits per heavy atom. The number of anilines is 2. The summed E-state index contributed by atoms with van der Waals surface area (Å²) in [5, 5.41) is 6.62. The van der Waals surface area contributed by atoms with E-state index >= 15 is 0 Å². The first-order valence-corrected chi connectivity index (χ1v) is 12.0. The van der Waals surface area contributed by atoms with E-state index in [9.17, 15) is 4.79 Å². The summed E-state index contributed by atoms with van der Waals surface area (Å²) in [5.74, 6) is 0.162. The van der Waals surface area contributed by atoms with E-state index in [-0.39, 0.29) is 12.6 Å². The fraction of sp³-hybridized carbons (Fsp3) is 0.194. The second-order valence-corrected chi connectivity index (χ2v) is 8.86. The van der Waals surface area contributed by atoms with Crippen LogP contribution in [0.3, 0.4) is 0 Å². The molecule has 0 bridgehead atoms. The van der Waals surface area contributed by atoms with E-state index in [1.807, 2.05) is 79.8 Å². The summed E-state index contributed by atoms with van der Waals surface area (Å²) >= 11 is 0. The van der Waals surface area contributed by atoms with Crippen molar-refractivity contribution in [1.29, 1.82) is 0 Å². The molecule has 4 rings (SSSR count). The molecule has 0 aliphatic carbocycles. The zero-order valence-corrected chi connectivity index (χ0v) is 20.5. The van der Waals surface area contributed by atoms with Crippen molar-refractivity contribution in [3.8, 4) is 11.1 Å². The van der Waals surface area contributed by atoms with Gasteiger partial charge < -0.3 is 15.4 Å². The van der Waals surface area contributed by atoms with Crippen LogP contribution in [0.1, 0.15) is 46.8 Å². The summed E-state index contributed by atoms with van der Waals surface area (Å²) in [5.41, 5.74) is 7.61. The molecule has 0 saturated carbocycles. The maximum Gasteiger partial charge on any atom is 0.339 e. The number of carbonyl (C=O) groups is 1. The number of rotatable bonds is 9. The Kier molecular flexibility index (Phi) is 7.84. The third-order valence-corrected chi connectivity index (χ3v) is 6.11. The molecule has 0 aromatic heterocycles. The maximum atomic E-state index is 13.4. The molecule has 0 atom stereocenters. The quantitative estimate of drug-likeness (QED) is 0.252. The number of esters is 1. The molecule has 0 aliphatic rings. The fourth-order valence-corrected chi connectivity index (χ4v) is 4.02. The van der Waals surface area contributed by atoms with E-state index in [2.05, 4.69) is 48.7 Å². The molecule has 35 heavy (non-hydrogen) atoms.